The normalized spacial score (nSPS) is 24.6. The Balaban J connectivity index is 1.15. The van der Waals surface area contributed by atoms with Crippen molar-refractivity contribution in [2.24, 2.45) is 11.8 Å². The Kier molecular flexibility index (Phi) is 6.58. The van der Waals surface area contributed by atoms with Gasteiger partial charge in [-0.1, -0.05) is 6.08 Å². The predicted molar refractivity (Wildman–Crippen MR) is 156 cm³/mol. The molecule has 44 heavy (non-hydrogen) atoms. The summed E-state index contributed by atoms with van der Waals surface area (Å²) in [5.41, 5.74) is -0.527. The van der Waals surface area contributed by atoms with E-state index in [1.807, 2.05) is 17.1 Å². The first-order valence-corrected chi connectivity index (χ1v) is 14.1. The van der Waals surface area contributed by atoms with E-state index in [0.717, 1.165) is 5.82 Å². The van der Waals surface area contributed by atoms with E-state index in [0.29, 0.717) is 55.1 Å². The number of allylic oxidation sites excluding steroid dienone is 1. The third-order valence-electron chi connectivity index (χ3n) is 8.53. The van der Waals surface area contributed by atoms with Crippen LogP contribution >= 0.6 is 0 Å². The molecule has 15 heteroatoms. The van der Waals surface area contributed by atoms with E-state index < -0.39 is 23.4 Å². The van der Waals surface area contributed by atoms with Gasteiger partial charge in [0.1, 0.15) is 41.5 Å². The summed E-state index contributed by atoms with van der Waals surface area (Å²) in [6, 6.07) is 2.50. The molecule has 1 aliphatic carbocycles. The second-order valence-electron chi connectivity index (χ2n) is 11.0. The van der Waals surface area contributed by atoms with Crippen LogP contribution in [0.25, 0.3) is 11.1 Å². The fourth-order valence-electron chi connectivity index (χ4n) is 6.24. The number of fused-ring (bicyclic) bond motifs is 2. The molecule has 224 valence electrons. The van der Waals surface area contributed by atoms with Crippen LogP contribution in [0.5, 0.6) is 0 Å². The van der Waals surface area contributed by atoms with Crippen molar-refractivity contribution >= 4 is 40.6 Å². The van der Waals surface area contributed by atoms with E-state index >= 15 is 0 Å². The number of carbonyl (C=O) groups excluding carboxylic acids is 3. The van der Waals surface area contributed by atoms with Crippen LogP contribution in [0.3, 0.4) is 0 Å². The number of nitroso groups, excluding NO2 is 1. The summed E-state index contributed by atoms with van der Waals surface area (Å²) >= 11 is 0. The van der Waals surface area contributed by atoms with Gasteiger partial charge in [0, 0.05) is 48.1 Å². The first-order chi connectivity index (χ1) is 21.4. The highest BCUT2D eigenvalue weighted by Crippen LogP contribution is 2.37. The highest BCUT2D eigenvalue weighted by molar-refractivity contribution is 6.08. The Hall–Kier alpha value is -5.56. The zero-order valence-corrected chi connectivity index (χ0v) is 23.7. The van der Waals surface area contributed by atoms with Gasteiger partial charge in [-0.2, -0.15) is 0 Å². The minimum Gasteiger partial charge on any atom is -0.497 e. The van der Waals surface area contributed by atoms with Crippen LogP contribution in [0.1, 0.15) is 11.3 Å². The molecule has 15 nitrogen and oxygen atoms in total. The Morgan fingerprint density at radius 2 is 1.98 bits per heavy atom. The molecule has 4 aliphatic rings. The lowest BCUT2D eigenvalue weighted by Crippen LogP contribution is -2.53. The number of anilines is 1. The number of amidine groups is 1. The van der Waals surface area contributed by atoms with Gasteiger partial charge >= 0.3 is 11.9 Å². The van der Waals surface area contributed by atoms with Crippen molar-refractivity contribution in [3.8, 4) is 0 Å². The van der Waals surface area contributed by atoms with Gasteiger partial charge in [-0.05, 0) is 12.2 Å². The van der Waals surface area contributed by atoms with Gasteiger partial charge < -0.3 is 24.3 Å². The number of rotatable bonds is 6. The number of piperazine rings is 1. The number of imide groups is 1. The molecule has 0 spiro atoms. The van der Waals surface area contributed by atoms with Crippen molar-refractivity contribution in [3.63, 3.8) is 0 Å². The number of nitrogens with one attached hydrogen (secondary N) is 2. The van der Waals surface area contributed by atoms with Crippen molar-refractivity contribution in [1.29, 1.82) is 0 Å². The number of furan rings is 1. The van der Waals surface area contributed by atoms with Crippen LogP contribution in [-0.2, 0) is 19.9 Å². The molecule has 3 saturated heterocycles. The molecule has 0 radical (unpaired) electrons. The maximum absolute atomic E-state index is 13.4. The summed E-state index contributed by atoms with van der Waals surface area (Å²) in [6.45, 7) is 2.49. The number of methoxy groups -OCH3 is 1. The molecule has 3 unspecified atom stereocenters. The third-order valence-corrected chi connectivity index (χ3v) is 8.53. The lowest BCUT2D eigenvalue weighted by atomic mass is 9.91. The Labute approximate surface area is 250 Å². The number of hydrogen-bond acceptors (Lipinski definition) is 10. The van der Waals surface area contributed by atoms with Crippen LogP contribution in [0.2, 0.25) is 0 Å². The minimum atomic E-state index is -1.68. The number of pyridine rings is 1. The van der Waals surface area contributed by atoms with E-state index in [2.05, 4.69) is 35.3 Å². The van der Waals surface area contributed by atoms with Gasteiger partial charge in [-0.25, -0.2) is 14.7 Å². The van der Waals surface area contributed by atoms with Crippen molar-refractivity contribution in [2.75, 3.05) is 51.3 Å². The van der Waals surface area contributed by atoms with Crippen LogP contribution in [0.15, 0.2) is 65.3 Å². The Morgan fingerprint density at radius 3 is 2.68 bits per heavy atom. The van der Waals surface area contributed by atoms with E-state index in [-0.39, 0.29) is 30.0 Å². The zero-order chi connectivity index (χ0) is 30.4. The van der Waals surface area contributed by atoms with E-state index in [1.165, 1.54) is 13.3 Å². The summed E-state index contributed by atoms with van der Waals surface area (Å²) in [7, 11) is 1.54. The monoisotopic (exact) mass is 598 g/mol. The summed E-state index contributed by atoms with van der Waals surface area (Å²) in [6.07, 6.45) is 12.0. The molecule has 3 aromatic heterocycles. The maximum Gasteiger partial charge on any atom is 0.437 e. The van der Waals surface area contributed by atoms with Gasteiger partial charge in [0.05, 0.1) is 43.7 Å². The average molecular weight is 599 g/mol. The van der Waals surface area contributed by atoms with Crippen LogP contribution in [0, 0.1) is 16.7 Å². The molecular weight excluding hydrogens is 570 g/mol. The molecule has 2 N–H and O–H groups in total. The van der Waals surface area contributed by atoms with Gasteiger partial charge in [0.2, 0.25) is 5.91 Å². The fourth-order valence-corrected chi connectivity index (χ4v) is 6.24. The highest BCUT2D eigenvalue weighted by atomic mass is 16.5. The van der Waals surface area contributed by atoms with Crippen LogP contribution in [-0.4, -0.2) is 94.8 Å². The molecular formula is C29H28N9O6+. The molecule has 3 atom stereocenters. The lowest BCUT2D eigenvalue weighted by Gasteiger charge is -2.30. The standard InChI is InChI=1S/C29H27N9O6/c1-43-19-3-2-17-15-38(26(39)20(17)11-19)16-29(27(40)33-28(41)34-29)23-12-21-22(44-23)10-18(13-32-21)25(35-42)37-8-6-36(7-9-37)24-14-30-4-5-31-24/h2-5,10-14,17,20H,6-9,15-16H2,1H3,(H-,33,34,40,41)/p+1. The number of nitrogens with zero attached hydrogens (tertiary/aromatic N) is 7. The number of urea groups is 1. The van der Waals surface area contributed by atoms with Crippen molar-refractivity contribution in [2.45, 2.75) is 5.54 Å². The summed E-state index contributed by atoms with van der Waals surface area (Å²) in [4.78, 5) is 72.9. The first-order valence-electron chi connectivity index (χ1n) is 14.1. The molecule has 6 heterocycles. The second-order valence-corrected chi connectivity index (χ2v) is 11.0. The molecule has 0 bridgehead atoms. The van der Waals surface area contributed by atoms with Crippen LogP contribution < -0.4 is 20.4 Å². The number of hydrogen-bond donors (Lipinski definition) is 2. The fraction of sp³-hybridized carbons (Fsp3) is 0.345. The SMILES string of the molecule is COC1=CC2C(=O)N(CC3(c4cc5ncc(C(=[N+]=O)N6CCN(c7cnccn7)CC6)cc5o4)NC(=O)NC3=O)CC2C=C1. The Morgan fingerprint density at radius 1 is 1.14 bits per heavy atom. The molecule has 7 rings (SSSR count). The molecule has 3 fully saturated rings. The number of ether oxygens (including phenoxy) is 1. The van der Waals surface area contributed by atoms with Gasteiger partial charge in [0.15, 0.2) is 11.1 Å². The van der Waals surface area contributed by atoms with Gasteiger partial charge in [-0.15, -0.1) is 0 Å². The molecule has 3 aromatic rings. The van der Waals surface area contributed by atoms with Gasteiger partial charge in [0.25, 0.3) is 5.91 Å². The molecule has 3 aliphatic heterocycles. The zero-order valence-electron chi connectivity index (χ0n) is 23.7. The predicted octanol–water partition coefficient (Wildman–Crippen LogP) is 0.230. The van der Waals surface area contributed by atoms with Gasteiger partial charge in [-0.3, -0.25) is 24.9 Å². The topological polar surface area (TPSA) is 177 Å². The molecule has 0 saturated carbocycles. The quantitative estimate of drug-likeness (QED) is 0.172. The molecule has 0 aromatic carbocycles. The van der Waals surface area contributed by atoms with E-state index in [9.17, 15) is 19.3 Å². The number of amides is 4. The highest BCUT2D eigenvalue weighted by Gasteiger charge is 2.54. The van der Waals surface area contributed by atoms with Crippen molar-refractivity contribution in [3.05, 3.63) is 77.1 Å². The first kappa shape index (κ1) is 27.3. The van der Waals surface area contributed by atoms with Crippen LogP contribution in [0.4, 0.5) is 10.6 Å². The second kappa shape index (κ2) is 10.6. The number of likely N-dealkylation sites (tertiary alicyclic amines) is 1. The maximum atomic E-state index is 13.4. The van der Waals surface area contributed by atoms with Crippen molar-refractivity contribution in [1.82, 2.24) is 40.2 Å². The third kappa shape index (κ3) is 4.54. The summed E-state index contributed by atoms with van der Waals surface area (Å²) < 4.78 is 11.4. The average Bonchev–Trinajstić information content (AvgIpc) is 3.71. The summed E-state index contributed by atoms with van der Waals surface area (Å²) in [5, 5.41) is 4.97. The summed E-state index contributed by atoms with van der Waals surface area (Å²) in [5.74, 6) is 0.328. The van der Waals surface area contributed by atoms with E-state index in [1.54, 1.807) is 41.7 Å². The largest absolute Gasteiger partial charge is 0.497 e. The molecule has 4 amide bonds. The number of aromatic nitrogens is 3. The lowest BCUT2D eigenvalue weighted by molar-refractivity contribution is -0.133. The van der Waals surface area contributed by atoms with Crippen molar-refractivity contribution < 1.29 is 23.5 Å². The van der Waals surface area contributed by atoms with E-state index in [4.69, 9.17) is 9.15 Å². The number of carbonyl (C=O) groups is 3. The smallest absolute Gasteiger partial charge is 0.437 e. The minimum absolute atomic E-state index is 0.0918. The Bertz CT molecular complexity index is 1770.